The normalized spacial score (nSPS) is 26.4. The summed E-state index contributed by atoms with van der Waals surface area (Å²) in [5, 5.41) is 18.7. The molecule has 2 N–H and O–H groups in total. The highest BCUT2D eigenvalue weighted by atomic mass is 16.4. The van der Waals surface area contributed by atoms with Crippen molar-refractivity contribution in [2.45, 2.75) is 57.4 Å². The highest BCUT2D eigenvalue weighted by molar-refractivity contribution is 5.85. The first-order chi connectivity index (χ1) is 9.09. The van der Waals surface area contributed by atoms with Crippen molar-refractivity contribution >= 4 is 11.9 Å². The summed E-state index contributed by atoms with van der Waals surface area (Å²) in [6.45, 7) is 0.631. The summed E-state index contributed by atoms with van der Waals surface area (Å²) in [5.74, 6) is -0.929. The van der Waals surface area contributed by atoms with E-state index in [1.54, 1.807) is 4.90 Å². The summed E-state index contributed by atoms with van der Waals surface area (Å²) in [5.41, 5.74) is -0.863. The lowest BCUT2D eigenvalue weighted by molar-refractivity contribution is -0.156. The Hall–Kier alpha value is -1.10. The molecule has 2 aliphatic rings. The van der Waals surface area contributed by atoms with Crippen molar-refractivity contribution in [1.29, 1.82) is 0 Å². The molecule has 1 saturated carbocycles. The van der Waals surface area contributed by atoms with E-state index in [0.29, 0.717) is 19.4 Å². The van der Waals surface area contributed by atoms with Gasteiger partial charge in [0.25, 0.3) is 0 Å². The molecule has 1 amide bonds. The third-order valence-corrected chi connectivity index (χ3v) is 4.66. The molecule has 0 aromatic carbocycles. The fourth-order valence-electron chi connectivity index (χ4n) is 3.44. The molecule has 1 atom stereocenters. The second-order valence-electron chi connectivity index (χ2n) is 5.89. The van der Waals surface area contributed by atoms with E-state index in [1.165, 1.54) is 0 Å². The van der Waals surface area contributed by atoms with Gasteiger partial charge in [-0.2, -0.15) is 0 Å². The van der Waals surface area contributed by atoms with Crippen LogP contribution in [0.1, 0.15) is 51.4 Å². The van der Waals surface area contributed by atoms with Crippen LogP contribution in [0.3, 0.4) is 0 Å². The Bertz CT molecular complexity index is 349. The molecule has 2 rings (SSSR count). The van der Waals surface area contributed by atoms with Crippen LogP contribution in [0.5, 0.6) is 0 Å². The standard InChI is InChI=1S/C14H23NO4/c16-10-11-5-4-8-15(11)12(17)9-14(13(18)19)6-2-1-3-7-14/h11,16H,1-10H2,(H,18,19). The van der Waals surface area contributed by atoms with Crippen molar-refractivity contribution in [2.24, 2.45) is 5.41 Å². The van der Waals surface area contributed by atoms with Gasteiger partial charge in [-0.1, -0.05) is 19.3 Å². The maximum atomic E-state index is 12.3. The predicted molar refractivity (Wildman–Crippen MR) is 69.6 cm³/mol. The van der Waals surface area contributed by atoms with E-state index in [-0.39, 0.29) is 25.0 Å². The SMILES string of the molecule is O=C(CC1(C(=O)O)CCCCC1)N1CCCC1CO. The zero-order chi connectivity index (χ0) is 13.9. The summed E-state index contributed by atoms with van der Waals surface area (Å²) >= 11 is 0. The van der Waals surface area contributed by atoms with E-state index >= 15 is 0 Å². The number of amides is 1. The van der Waals surface area contributed by atoms with Crippen LogP contribution in [0.2, 0.25) is 0 Å². The van der Waals surface area contributed by atoms with E-state index in [2.05, 4.69) is 0 Å². The number of aliphatic carboxylic acids is 1. The van der Waals surface area contributed by atoms with E-state index in [1.807, 2.05) is 0 Å². The molecule has 19 heavy (non-hydrogen) atoms. The zero-order valence-electron chi connectivity index (χ0n) is 11.3. The summed E-state index contributed by atoms with van der Waals surface area (Å²) in [4.78, 5) is 25.6. The van der Waals surface area contributed by atoms with Gasteiger partial charge >= 0.3 is 5.97 Å². The molecule has 0 radical (unpaired) electrons. The zero-order valence-corrected chi connectivity index (χ0v) is 11.3. The smallest absolute Gasteiger partial charge is 0.310 e. The van der Waals surface area contributed by atoms with Crippen LogP contribution in [0.15, 0.2) is 0 Å². The topological polar surface area (TPSA) is 77.8 Å². The van der Waals surface area contributed by atoms with Crippen molar-refractivity contribution in [1.82, 2.24) is 4.90 Å². The van der Waals surface area contributed by atoms with Crippen molar-refractivity contribution in [3.63, 3.8) is 0 Å². The van der Waals surface area contributed by atoms with Crippen molar-refractivity contribution < 1.29 is 19.8 Å². The van der Waals surface area contributed by atoms with Crippen LogP contribution in [-0.4, -0.2) is 46.2 Å². The van der Waals surface area contributed by atoms with Crippen LogP contribution in [0.4, 0.5) is 0 Å². The number of carbonyl (C=O) groups excluding carboxylic acids is 1. The second-order valence-corrected chi connectivity index (χ2v) is 5.89. The van der Waals surface area contributed by atoms with Gasteiger partial charge in [0.05, 0.1) is 18.1 Å². The highest BCUT2D eigenvalue weighted by Crippen LogP contribution is 2.40. The summed E-state index contributed by atoms with van der Waals surface area (Å²) in [7, 11) is 0. The van der Waals surface area contributed by atoms with E-state index in [4.69, 9.17) is 0 Å². The monoisotopic (exact) mass is 269 g/mol. The molecule has 2 fully saturated rings. The van der Waals surface area contributed by atoms with Crippen molar-refractivity contribution in [3.8, 4) is 0 Å². The Morgan fingerprint density at radius 1 is 1.16 bits per heavy atom. The van der Waals surface area contributed by atoms with Crippen molar-refractivity contribution in [3.05, 3.63) is 0 Å². The number of aliphatic hydroxyl groups excluding tert-OH is 1. The molecule has 1 aliphatic carbocycles. The minimum atomic E-state index is -0.863. The van der Waals surface area contributed by atoms with Crippen LogP contribution in [0, 0.1) is 5.41 Å². The Labute approximate surface area is 113 Å². The van der Waals surface area contributed by atoms with Gasteiger partial charge in [0.1, 0.15) is 0 Å². The Morgan fingerprint density at radius 2 is 1.84 bits per heavy atom. The van der Waals surface area contributed by atoms with Crippen LogP contribution >= 0.6 is 0 Å². The maximum absolute atomic E-state index is 12.3. The maximum Gasteiger partial charge on any atom is 0.310 e. The van der Waals surface area contributed by atoms with Gasteiger partial charge in [0.15, 0.2) is 0 Å². The molecule has 1 saturated heterocycles. The van der Waals surface area contributed by atoms with Crippen LogP contribution < -0.4 is 0 Å². The fourth-order valence-corrected chi connectivity index (χ4v) is 3.44. The van der Waals surface area contributed by atoms with Gasteiger partial charge in [0.2, 0.25) is 5.91 Å². The number of likely N-dealkylation sites (tertiary alicyclic amines) is 1. The van der Waals surface area contributed by atoms with E-state index in [0.717, 1.165) is 32.1 Å². The molecule has 5 nitrogen and oxygen atoms in total. The minimum Gasteiger partial charge on any atom is -0.481 e. The van der Waals surface area contributed by atoms with Gasteiger partial charge in [-0.15, -0.1) is 0 Å². The predicted octanol–water partition coefficient (Wildman–Crippen LogP) is 1.39. The quantitative estimate of drug-likeness (QED) is 0.808. The number of aliphatic hydroxyl groups is 1. The molecule has 5 heteroatoms. The lowest BCUT2D eigenvalue weighted by Crippen LogP contribution is -2.43. The Kier molecular flexibility index (Phi) is 4.45. The van der Waals surface area contributed by atoms with Gasteiger partial charge in [-0.25, -0.2) is 0 Å². The Morgan fingerprint density at radius 3 is 2.42 bits per heavy atom. The molecule has 1 heterocycles. The summed E-state index contributed by atoms with van der Waals surface area (Å²) in [6.07, 6.45) is 5.87. The molecule has 0 spiro atoms. The number of rotatable bonds is 4. The summed E-state index contributed by atoms with van der Waals surface area (Å²) < 4.78 is 0. The third-order valence-electron chi connectivity index (χ3n) is 4.66. The lowest BCUT2D eigenvalue weighted by Gasteiger charge is -2.34. The third kappa shape index (κ3) is 2.91. The minimum absolute atomic E-state index is 0.0220. The first kappa shape index (κ1) is 14.3. The van der Waals surface area contributed by atoms with Crippen LogP contribution in [-0.2, 0) is 9.59 Å². The molecular formula is C14H23NO4. The molecule has 0 bridgehead atoms. The summed E-state index contributed by atoms with van der Waals surface area (Å²) in [6, 6.07) is -0.109. The number of hydrogen-bond acceptors (Lipinski definition) is 3. The average molecular weight is 269 g/mol. The number of hydrogen-bond donors (Lipinski definition) is 2. The van der Waals surface area contributed by atoms with Crippen LogP contribution in [0.25, 0.3) is 0 Å². The average Bonchev–Trinajstić information content (AvgIpc) is 2.88. The highest BCUT2D eigenvalue weighted by Gasteiger charge is 2.43. The van der Waals surface area contributed by atoms with Gasteiger partial charge in [-0.3, -0.25) is 9.59 Å². The molecule has 0 aromatic rings. The first-order valence-corrected chi connectivity index (χ1v) is 7.23. The van der Waals surface area contributed by atoms with Gasteiger partial charge in [-0.05, 0) is 25.7 Å². The van der Waals surface area contributed by atoms with E-state index in [9.17, 15) is 19.8 Å². The molecule has 108 valence electrons. The largest absolute Gasteiger partial charge is 0.481 e. The van der Waals surface area contributed by atoms with Gasteiger partial charge in [0, 0.05) is 13.0 Å². The second kappa shape index (κ2) is 5.90. The van der Waals surface area contributed by atoms with E-state index < -0.39 is 11.4 Å². The molecule has 0 aromatic heterocycles. The Balaban J connectivity index is 2.04. The van der Waals surface area contributed by atoms with Crippen molar-refractivity contribution in [2.75, 3.05) is 13.2 Å². The lowest BCUT2D eigenvalue weighted by atomic mass is 9.71. The number of carbonyl (C=O) groups is 2. The number of nitrogens with zero attached hydrogens (tertiary/aromatic N) is 1. The first-order valence-electron chi connectivity index (χ1n) is 7.23. The number of carboxylic acids is 1. The van der Waals surface area contributed by atoms with Gasteiger partial charge < -0.3 is 15.1 Å². The molecule has 1 aliphatic heterocycles. The molecule has 1 unspecified atom stereocenters. The fraction of sp³-hybridized carbons (Fsp3) is 0.857. The molecular weight excluding hydrogens is 246 g/mol. The number of carboxylic acid groups (broad SMARTS) is 1.